The fourth-order valence-electron chi connectivity index (χ4n) is 4.10. The lowest BCUT2D eigenvalue weighted by molar-refractivity contribution is -0.718. The van der Waals surface area contributed by atoms with Gasteiger partial charge >= 0.3 is 0 Å². The number of hydrogen-bond donors (Lipinski definition) is 0. The highest BCUT2D eigenvalue weighted by molar-refractivity contribution is 9.10. The third kappa shape index (κ3) is 2.40. The molecule has 0 bridgehead atoms. The van der Waals surface area contributed by atoms with Crippen molar-refractivity contribution in [2.24, 2.45) is 5.92 Å². The van der Waals surface area contributed by atoms with Crippen LogP contribution in [0.15, 0.2) is 59.2 Å². The van der Waals surface area contributed by atoms with E-state index in [4.69, 9.17) is 0 Å². The quantitative estimate of drug-likeness (QED) is 0.486. The van der Waals surface area contributed by atoms with Gasteiger partial charge in [0, 0.05) is 22.9 Å². The Hall–Kier alpha value is -1.67. The molecule has 1 aliphatic heterocycles. The third-order valence-corrected chi connectivity index (χ3v) is 5.68. The molecule has 1 nitrogen and oxygen atoms in total. The summed E-state index contributed by atoms with van der Waals surface area (Å²) in [5.74, 6) is 0.632. The number of nitrogens with zero attached hydrogens (tertiary/aromatic N) is 1. The first-order valence-corrected chi connectivity index (χ1v) is 9.20. The van der Waals surface area contributed by atoms with Crippen LogP contribution in [0.2, 0.25) is 0 Å². The van der Waals surface area contributed by atoms with Crippen molar-refractivity contribution in [2.45, 2.75) is 32.7 Å². The molecule has 1 aliphatic rings. The van der Waals surface area contributed by atoms with E-state index >= 15 is 0 Å². The van der Waals surface area contributed by atoms with E-state index in [0.29, 0.717) is 12.0 Å². The van der Waals surface area contributed by atoms with E-state index in [2.05, 4.69) is 89.1 Å². The normalized spacial score (nSPS) is 20.0. The van der Waals surface area contributed by atoms with E-state index in [-0.39, 0.29) is 0 Å². The Labute approximate surface area is 146 Å². The fraction of sp³-hybridized carbons (Fsp3) is 0.286. The van der Waals surface area contributed by atoms with Crippen LogP contribution in [-0.2, 0) is 6.42 Å². The second-order valence-electron chi connectivity index (χ2n) is 6.62. The maximum Gasteiger partial charge on any atom is 0.220 e. The van der Waals surface area contributed by atoms with Gasteiger partial charge < -0.3 is 0 Å². The molecule has 116 valence electrons. The average molecular weight is 367 g/mol. The van der Waals surface area contributed by atoms with Gasteiger partial charge in [-0.2, -0.15) is 4.57 Å². The van der Waals surface area contributed by atoms with Crippen LogP contribution in [0.25, 0.3) is 22.0 Å². The predicted molar refractivity (Wildman–Crippen MR) is 99.5 cm³/mol. The minimum atomic E-state index is 0.542. The molecule has 3 aromatic rings. The summed E-state index contributed by atoms with van der Waals surface area (Å²) in [6.07, 6.45) is 4.59. The van der Waals surface area contributed by atoms with E-state index in [1.54, 1.807) is 0 Å². The van der Waals surface area contributed by atoms with Crippen LogP contribution in [0.3, 0.4) is 0 Å². The molecule has 2 heterocycles. The zero-order valence-electron chi connectivity index (χ0n) is 13.6. The predicted octanol–water partition coefficient (Wildman–Crippen LogP) is 5.70. The summed E-state index contributed by atoms with van der Waals surface area (Å²) < 4.78 is 3.67. The number of benzene rings is 2. The monoisotopic (exact) mass is 366 g/mol. The molecule has 0 saturated heterocycles. The van der Waals surface area contributed by atoms with Crippen LogP contribution in [0, 0.1) is 5.92 Å². The first-order valence-electron chi connectivity index (χ1n) is 8.40. The Morgan fingerprint density at radius 2 is 1.96 bits per heavy atom. The standard InChI is InChI=1S/C21H21BrN/c1-3-20-14(2)12-16-8-9-17(22)13-19(16)21-18-7-5-4-6-15(18)10-11-23(20)21/h4-11,13-14,20H,3,12H2,1-2H3/q+1. The lowest BCUT2D eigenvalue weighted by Gasteiger charge is -2.17. The number of aromatic nitrogens is 1. The first kappa shape index (κ1) is 14.9. The zero-order chi connectivity index (χ0) is 16.0. The molecule has 0 amide bonds. The van der Waals surface area contributed by atoms with E-state index < -0.39 is 0 Å². The van der Waals surface area contributed by atoms with Crippen molar-refractivity contribution >= 4 is 26.7 Å². The van der Waals surface area contributed by atoms with E-state index in [9.17, 15) is 0 Å². The van der Waals surface area contributed by atoms with Crippen molar-refractivity contribution in [2.75, 3.05) is 0 Å². The van der Waals surface area contributed by atoms with Crippen LogP contribution in [0.5, 0.6) is 0 Å². The molecule has 2 aromatic carbocycles. The van der Waals surface area contributed by atoms with Crippen molar-refractivity contribution in [3.63, 3.8) is 0 Å². The van der Waals surface area contributed by atoms with Crippen LogP contribution >= 0.6 is 15.9 Å². The Bertz CT molecular complexity index is 884. The number of halogens is 1. The molecule has 2 heteroatoms. The highest BCUT2D eigenvalue weighted by Crippen LogP contribution is 2.37. The van der Waals surface area contributed by atoms with Crippen molar-refractivity contribution in [3.8, 4) is 11.3 Å². The second-order valence-corrected chi connectivity index (χ2v) is 7.53. The van der Waals surface area contributed by atoms with Crippen molar-refractivity contribution in [3.05, 3.63) is 64.8 Å². The maximum absolute atomic E-state index is 3.67. The summed E-state index contributed by atoms with van der Waals surface area (Å²) in [5, 5.41) is 2.66. The molecule has 0 radical (unpaired) electrons. The highest BCUT2D eigenvalue weighted by atomic mass is 79.9. The summed E-state index contributed by atoms with van der Waals surface area (Å²) in [5.41, 5.74) is 4.20. The molecular formula is C21H21BrN+. The van der Waals surface area contributed by atoms with Gasteiger partial charge in [0.1, 0.15) is 0 Å². The summed E-state index contributed by atoms with van der Waals surface area (Å²) in [6, 6.07) is 18.3. The van der Waals surface area contributed by atoms with Gasteiger partial charge in [-0.25, -0.2) is 0 Å². The second kappa shape index (κ2) is 5.76. The highest BCUT2D eigenvalue weighted by Gasteiger charge is 2.34. The van der Waals surface area contributed by atoms with Crippen molar-refractivity contribution in [1.82, 2.24) is 0 Å². The first-order chi connectivity index (χ1) is 11.2. The Morgan fingerprint density at radius 3 is 2.78 bits per heavy atom. The van der Waals surface area contributed by atoms with E-state index in [0.717, 1.165) is 17.3 Å². The largest absolute Gasteiger partial charge is 0.220 e. The van der Waals surface area contributed by atoms with Gasteiger partial charge in [0.25, 0.3) is 0 Å². The molecule has 0 aliphatic carbocycles. The van der Waals surface area contributed by atoms with Gasteiger partial charge in [0.15, 0.2) is 12.2 Å². The molecule has 0 spiro atoms. The fourth-order valence-corrected chi connectivity index (χ4v) is 4.46. The summed E-state index contributed by atoms with van der Waals surface area (Å²) >= 11 is 3.67. The van der Waals surface area contributed by atoms with Crippen LogP contribution in [0.1, 0.15) is 31.9 Å². The van der Waals surface area contributed by atoms with Gasteiger partial charge in [-0.3, -0.25) is 0 Å². The van der Waals surface area contributed by atoms with Crippen molar-refractivity contribution in [1.29, 1.82) is 0 Å². The Balaban J connectivity index is 2.14. The maximum atomic E-state index is 3.67. The summed E-state index contributed by atoms with van der Waals surface area (Å²) in [4.78, 5) is 0. The zero-order valence-corrected chi connectivity index (χ0v) is 15.2. The average Bonchev–Trinajstić information content (AvgIpc) is 2.68. The topological polar surface area (TPSA) is 3.88 Å². The van der Waals surface area contributed by atoms with Gasteiger partial charge in [-0.05, 0) is 35.6 Å². The van der Waals surface area contributed by atoms with Crippen LogP contribution < -0.4 is 4.57 Å². The molecule has 23 heavy (non-hydrogen) atoms. The van der Waals surface area contributed by atoms with E-state index in [1.807, 2.05) is 0 Å². The van der Waals surface area contributed by atoms with E-state index in [1.165, 1.54) is 27.6 Å². The number of pyridine rings is 1. The van der Waals surface area contributed by atoms with Crippen molar-refractivity contribution < 1.29 is 4.57 Å². The van der Waals surface area contributed by atoms with Gasteiger partial charge in [0.05, 0.1) is 10.9 Å². The third-order valence-electron chi connectivity index (χ3n) is 5.19. The Kier molecular flexibility index (Phi) is 3.73. The minimum Gasteiger partial charge on any atom is -0.195 e. The minimum absolute atomic E-state index is 0.542. The molecule has 2 atom stereocenters. The molecule has 0 saturated carbocycles. The molecule has 2 unspecified atom stereocenters. The molecule has 1 aromatic heterocycles. The molecular weight excluding hydrogens is 346 g/mol. The summed E-state index contributed by atoms with van der Waals surface area (Å²) in [6.45, 7) is 4.69. The number of hydrogen-bond acceptors (Lipinski definition) is 0. The molecule has 0 fully saturated rings. The lowest BCUT2D eigenvalue weighted by Crippen LogP contribution is -2.43. The molecule has 0 N–H and O–H groups in total. The van der Waals surface area contributed by atoms with Gasteiger partial charge in [-0.1, -0.05) is 54.0 Å². The SMILES string of the molecule is CCC1C(C)Cc2ccc(Br)cc2-c2c3ccccc3cc[n+]21. The Morgan fingerprint density at radius 1 is 1.13 bits per heavy atom. The van der Waals surface area contributed by atoms with Crippen LogP contribution in [-0.4, -0.2) is 0 Å². The van der Waals surface area contributed by atoms with Gasteiger partial charge in [0.2, 0.25) is 5.69 Å². The van der Waals surface area contributed by atoms with Crippen LogP contribution in [0.4, 0.5) is 0 Å². The molecule has 4 rings (SSSR count). The lowest BCUT2D eigenvalue weighted by atomic mass is 9.92. The summed E-state index contributed by atoms with van der Waals surface area (Å²) in [7, 11) is 0. The smallest absolute Gasteiger partial charge is 0.195 e. The van der Waals surface area contributed by atoms with Gasteiger partial charge in [-0.15, -0.1) is 0 Å². The number of fused-ring (bicyclic) bond motifs is 5. The number of rotatable bonds is 1.